The van der Waals surface area contributed by atoms with Gasteiger partial charge in [-0.1, -0.05) is 45.0 Å². The molecule has 0 radical (unpaired) electrons. The third-order valence-electron chi connectivity index (χ3n) is 3.91. The van der Waals surface area contributed by atoms with Crippen LogP contribution in [0.25, 0.3) is 0 Å². The van der Waals surface area contributed by atoms with E-state index in [1.807, 2.05) is 24.3 Å². The SMILES string of the molecule is CCc1ccc(C(=O)CCC(CCN)C(C)C)cc1. The van der Waals surface area contributed by atoms with Gasteiger partial charge in [-0.15, -0.1) is 0 Å². The highest BCUT2D eigenvalue weighted by Crippen LogP contribution is 2.21. The number of carbonyl (C=O) groups is 1. The van der Waals surface area contributed by atoms with Gasteiger partial charge in [-0.25, -0.2) is 0 Å². The van der Waals surface area contributed by atoms with E-state index in [1.54, 1.807) is 0 Å². The molecule has 0 aromatic heterocycles. The second kappa shape index (κ2) is 8.11. The number of Topliss-reactive ketones (excluding diaryl/α,β-unsaturated/α-hetero) is 1. The van der Waals surface area contributed by atoms with Crippen LogP contribution in [0.15, 0.2) is 24.3 Å². The summed E-state index contributed by atoms with van der Waals surface area (Å²) >= 11 is 0. The van der Waals surface area contributed by atoms with Crippen molar-refractivity contribution in [2.24, 2.45) is 17.6 Å². The first-order valence-corrected chi connectivity index (χ1v) is 7.40. The molecule has 1 unspecified atom stereocenters. The fourth-order valence-corrected chi connectivity index (χ4v) is 2.41. The van der Waals surface area contributed by atoms with E-state index in [1.165, 1.54) is 5.56 Å². The van der Waals surface area contributed by atoms with Crippen molar-refractivity contribution in [1.82, 2.24) is 0 Å². The van der Waals surface area contributed by atoms with E-state index in [0.717, 1.165) is 24.8 Å². The standard InChI is InChI=1S/C17H27NO/c1-4-14-5-7-16(8-6-14)17(19)10-9-15(11-12-18)13(2)3/h5-8,13,15H,4,9-12,18H2,1-3H3. The van der Waals surface area contributed by atoms with Crippen molar-refractivity contribution in [2.75, 3.05) is 6.54 Å². The van der Waals surface area contributed by atoms with Crippen LogP contribution >= 0.6 is 0 Å². The van der Waals surface area contributed by atoms with Crippen LogP contribution in [0.3, 0.4) is 0 Å². The minimum atomic E-state index is 0.255. The summed E-state index contributed by atoms with van der Waals surface area (Å²) < 4.78 is 0. The van der Waals surface area contributed by atoms with E-state index in [2.05, 4.69) is 20.8 Å². The zero-order chi connectivity index (χ0) is 14.3. The Bertz CT molecular complexity index is 381. The number of ketones is 1. The van der Waals surface area contributed by atoms with Gasteiger partial charge >= 0.3 is 0 Å². The molecule has 2 heteroatoms. The summed E-state index contributed by atoms with van der Waals surface area (Å²) in [7, 11) is 0. The van der Waals surface area contributed by atoms with Crippen molar-refractivity contribution < 1.29 is 4.79 Å². The highest BCUT2D eigenvalue weighted by Gasteiger charge is 2.15. The second-order valence-electron chi connectivity index (χ2n) is 5.59. The highest BCUT2D eigenvalue weighted by molar-refractivity contribution is 5.96. The Balaban J connectivity index is 2.53. The molecule has 0 amide bonds. The van der Waals surface area contributed by atoms with Gasteiger partial charge in [0.05, 0.1) is 0 Å². The van der Waals surface area contributed by atoms with Crippen LogP contribution in [-0.2, 0) is 6.42 Å². The van der Waals surface area contributed by atoms with Gasteiger partial charge in [-0.05, 0) is 43.2 Å². The predicted molar refractivity (Wildman–Crippen MR) is 81.4 cm³/mol. The number of benzene rings is 1. The molecule has 19 heavy (non-hydrogen) atoms. The lowest BCUT2D eigenvalue weighted by atomic mass is 9.87. The van der Waals surface area contributed by atoms with E-state index in [-0.39, 0.29) is 5.78 Å². The van der Waals surface area contributed by atoms with Gasteiger partial charge in [-0.3, -0.25) is 4.79 Å². The van der Waals surface area contributed by atoms with E-state index >= 15 is 0 Å². The molecule has 2 N–H and O–H groups in total. The van der Waals surface area contributed by atoms with Crippen LogP contribution in [0.4, 0.5) is 0 Å². The first-order valence-electron chi connectivity index (χ1n) is 7.40. The Morgan fingerprint density at radius 3 is 2.26 bits per heavy atom. The Morgan fingerprint density at radius 1 is 1.16 bits per heavy atom. The van der Waals surface area contributed by atoms with Gasteiger partial charge in [0, 0.05) is 12.0 Å². The van der Waals surface area contributed by atoms with E-state index in [9.17, 15) is 4.79 Å². The number of nitrogens with two attached hydrogens (primary N) is 1. The Hall–Kier alpha value is -1.15. The molecule has 1 rings (SSSR count). The maximum Gasteiger partial charge on any atom is 0.162 e. The molecule has 1 aromatic rings. The third-order valence-corrected chi connectivity index (χ3v) is 3.91. The largest absolute Gasteiger partial charge is 0.330 e. The molecule has 1 aromatic carbocycles. The molecule has 0 aliphatic rings. The van der Waals surface area contributed by atoms with Crippen molar-refractivity contribution in [3.8, 4) is 0 Å². The minimum Gasteiger partial charge on any atom is -0.330 e. The maximum absolute atomic E-state index is 12.1. The first-order chi connectivity index (χ1) is 9.08. The quantitative estimate of drug-likeness (QED) is 0.723. The molecule has 106 valence electrons. The van der Waals surface area contributed by atoms with Crippen LogP contribution in [0.2, 0.25) is 0 Å². The Labute approximate surface area is 117 Å². The molecule has 2 nitrogen and oxygen atoms in total. The summed E-state index contributed by atoms with van der Waals surface area (Å²) in [5, 5.41) is 0. The van der Waals surface area contributed by atoms with Crippen LogP contribution in [0.1, 0.15) is 56.0 Å². The second-order valence-corrected chi connectivity index (χ2v) is 5.59. The molecule has 0 aliphatic heterocycles. The van der Waals surface area contributed by atoms with Gasteiger partial charge in [0.25, 0.3) is 0 Å². The molecule has 0 saturated carbocycles. The minimum absolute atomic E-state index is 0.255. The van der Waals surface area contributed by atoms with Crippen molar-refractivity contribution in [2.45, 2.75) is 46.5 Å². The normalized spacial score (nSPS) is 12.7. The molecule has 0 saturated heterocycles. The van der Waals surface area contributed by atoms with Crippen LogP contribution in [0.5, 0.6) is 0 Å². The van der Waals surface area contributed by atoms with Crippen molar-refractivity contribution in [1.29, 1.82) is 0 Å². The molecule has 1 atom stereocenters. The van der Waals surface area contributed by atoms with Crippen LogP contribution < -0.4 is 5.73 Å². The van der Waals surface area contributed by atoms with Crippen molar-refractivity contribution >= 4 is 5.78 Å². The number of hydrogen-bond donors (Lipinski definition) is 1. The summed E-state index contributed by atoms with van der Waals surface area (Å²) in [6.07, 6.45) is 3.61. The predicted octanol–water partition coefficient (Wildman–Crippen LogP) is 3.83. The average molecular weight is 261 g/mol. The summed E-state index contributed by atoms with van der Waals surface area (Å²) in [5.74, 6) is 1.41. The fraction of sp³-hybridized carbons (Fsp3) is 0.588. The lowest BCUT2D eigenvalue weighted by molar-refractivity contribution is 0.0969. The van der Waals surface area contributed by atoms with Gasteiger partial charge < -0.3 is 5.73 Å². The van der Waals surface area contributed by atoms with Crippen LogP contribution in [-0.4, -0.2) is 12.3 Å². The molecule has 0 fully saturated rings. The first kappa shape index (κ1) is 15.9. The smallest absolute Gasteiger partial charge is 0.162 e. The van der Waals surface area contributed by atoms with Crippen molar-refractivity contribution in [3.05, 3.63) is 35.4 Å². The Kier molecular flexibility index (Phi) is 6.79. The number of rotatable bonds is 8. The topological polar surface area (TPSA) is 43.1 Å². The van der Waals surface area contributed by atoms with Gasteiger partial charge in [0.2, 0.25) is 0 Å². The van der Waals surface area contributed by atoms with Gasteiger partial charge in [0.15, 0.2) is 5.78 Å². The molecular formula is C17H27NO. The zero-order valence-corrected chi connectivity index (χ0v) is 12.5. The fourth-order valence-electron chi connectivity index (χ4n) is 2.41. The average Bonchev–Trinajstić information content (AvgIpc) is 2.42. The number of carbonyl (C=O) groups excluding carboxylic acids is 1. The van der Waals surface area contributed by atoms with E-state index in [0.29, 0.717) is 24.8 Å². The molecule has 0 spiro atoms. The summed E-state index contributed by atoms with van der Waals surface area (Å²) in [6.45, 7) is 7.25. The monoisotopic (exact) mass is 261 g/mol. The molecule has 0 aliphatic carbocycles. The van der Waals surface area contributed by atoms with Crippen molar-refractivity contribution in [3.63, 3.8) is 0 Å². The molecular weight excluding hydrogens is 234 g/mol. The van der Waals surface area contributed by atoms with E-state index in [4.69, 9.17) is 5.73 Å². The summed E-state index contributed by atoms with van der Waals surface area (Å²) in [5.41, 5.74) is 7.75. The molecule has 0 bridgehead atoms. The Morgan fingerprint density at radius 2 is 1.79 bits per heavy atom. The summed E-state index contributed by atoms with van der Waals surface area (Å²) in [6, 6.07) is 8.00. The van der Waals surface area contributed by atoms with E-state index < -0.39 is 0 Å². The molecule has 0 heterocycles. The zero-order valence-electron chi connectivity index (χ0n) is 12.5. The van der Waals surface area contributed by atoms with Crippen LogP contribution in [0, 0.1) is 11.8 Å². The lowest BCUT2D eigenvalue weighted by Gasteiger charge is -2.19. The van der Waals surface area contributed by atoms with Gasteiger partial charge in [0.1, 0.15) is 0 Å². The lowest BCUT2D eigenvalue weighted by Crippen LogP contribution is -2.15. The maximum atomic E-state index is 12.1. The number of aryl methyl sites for hydroxylation is 1. The summed E-state index contributed by atoms with van der Waals surface area (Å²) in [4.78, 5) is 12.1. The third kappa shape index (κ3) is 5.15. The number of hydrogen-bond acceptors (Lipinski definition) is 2. The highest BCUT2D eigenvalue weighted by atomic mass is 16.1. The van der Waals surface area contributed by atoms with Gasteiger partial charge in [-0.2, -0.15) is 0 Å².